The van der Waals surface area contributed by atoms with Gasteiger partial charge in [0, 0.05) is 24.2 Å². The van der Waals surface area contributed by atoms with Crippen LogP contribution in [0, 0.1) is 5.41 Å². The van der Waals surface area contributed by atoms with E-state index in [1.54, 1.807) is 0 Å². The summed E-state index contributed by atoms with van der Waals surface area (Å²) in [5, 5.41) is 0. The number of nitrogen functional groups attached to an aromatic ring is 1. The zero-order valence-corrected chi connectivity index (χ0v) is 11.9. The number of nitrogens with zero attached hydrogens (tertiary/aromatic N) is 1. The SMILES string of the molecule is CCCN(Cc1ccccc1N)C(=O)C(C)(C)C. The summed E-state index contributed by atoms with van der Waals surface area (Å²) in [6.45, 7) is 9.30. The fourth-order valence-corrected chi connectivity index (χ4v) is 1.88. The van der Waals surface area contributed by atoms with Crippen LogP contribution in [-0.4, -0.2) is 17.4 Å². The third-order valence-electron chi connectivity index (χ3n) is 2.84. The lowest BCUT2D eigenvalue weighted by molar-refractivity contribution is -0.140. The number of benzene rings is 1. The van der Waals surface area contributed by atoms with Gasteiger partial charge in [-0.2, -0.15) is 0 Å². The van der Waals surface area contributed by atoms with Crippen LogP contribution in [0.5, 0.6) is 0 Å². The summed E-state index contributed by atoms with van der Waals surface area (Å²) in [6.07, 6.45) is 0.953. The van der Waals surface area contributed by atoms with Crippen molar-refractivity contribution >= 4 is 11.6 Å². The van der Waals surface area contributed by atoms with E-state index < -0.39 is 0 Å². The molecule has 1 amide bonds. The second kappa shape index (κ2) is 5.89. The normalized spacial score (nSPS) is 11.3. The van der Waals surface area contributed by atoms with Gasteiger partial charge in [-0.05, 0) is 18.1 Å². The van der Waals surface area contributed by atoms with Gasteiger partial charge in [-0.3, -0.25) is 4.79 Å². The van der Waals surface area contributed by atoms with E-state index in [0.29, 0.717) is 6.54 Å². The standard InChI is InChI=1S/C15H24N2O/c1-5-10-17(14(18)15(2,3)4)11-12-8-6-7-9-13(12)16/h6-9H,5,10-11,16H2,1-4H3. The van der Waals surface area contributed by atoms with Gasteiger partial charge in [0.25, 0.3) is 0 Å². The monoisotopic (exact) mass is 248 g/mol. The molecule has 3 heteroatoms. The fraction of sp³-hybridized carbons (Fsp3) is 0.533. The number of anilines is 1. The molecule has 1 aromatic rings. The maximum Gasteiger partial charge on any atom is 0.228 e. The number of hydrogen-bond acceptors (Lipinski definition) is 2. The maximum atomic E-state index is 12.4. The van der Waals surface area contributed by atoms with E-state index in [2.05, 4.69) is 6.92 Å². The first kappa shape index (κ1) is 14.6. The van der Waals surface area contributed by atoms with Crippen molar-refractivity contribution in [3.8, 4) is 0 Å². The highest BCUT2D eigenvalue weighted by Crippen LogP contribution is 2.21. The van der Waals surface area contributed by atoms with Crippen LogP contribution in [0.15, 0.2) is 24.3 Å². The number of hydrogen-bond donors (Lipinski definition) is 1. The molecule has 0 aromatic heterocycles. The molecule has 0 spiro atoms. The van der Waals surface area contributed by atoms with Gasteiger partial charge in [0.15, 0.2) is 0 Å². The van der Waals surface area contributed by atoms with Crippen LogP contribution in [0.25, 0.3) is 0 Å². The van der Waals surface area contributed by atoms with Gasteiger partial charge in [-0.1, -0.05) is 45.9 Å². The molecule has 0 fully saturated rings. The summed E-state index contributed by atoms with van der Waals surface area (Å²) in [5.74, 6) is 0.174. The van der Waals surface area contributed by atoms with E-state index in [1.807, 2.05) is 49.9 Å². The highest BCUT2D eigenvalue weighted by molar-refractivity contribution is 5.81. The summed E-state index contributed by atoms with van der Waals surface area (Å²) in [6, 6.07) is 7.72. The Hall–Kier alpha value is -1.51. The van der Waals surface area contributed by atoms with Gasteiger partial charge in [-0.25, -0.2) is 0 Å². The minimum atomic E-state index is -0.348. The van der Waals surface area contributed by atoms with Gasteiger partial charge in [0.1, 0.15) is 0 Å². The third kappa shape index (κ3) is 3.76. The number of carbonyl (C=O) groups excluding carboxylic acids is 1. The zero-order chi connectivity index (χ0) is 13.8. The Bertz CT molecular complexity index is 407. The van der Waals surface area contributed by atoms with E-state index in [9.17, 15) is 4.79 Å². The lowest BCUT2D eigenvalue weighted by atomic mass is 9.94. The molecule has 0 radical (unpaired) electrons. The van der Waals surface area contributed by atoms with E-state index in [0.717, 1.165) is 24.2 Å². The molecule has 0 aliphatic heterocycles. The average molecular weight is 248 g/mol. The minimum Gasteiger partial charge on any atom is -0.398 e. The van der Waals surface area contributed by atoms with Gasteiger partial charge in [0.2, 0.25) is 5.91 Å². The van der Waals surface area contributed by atoms with Crippen LogP contribution >= 0.6 is 0 Å². The summed E-state index contributed by atoms with van der Waals surface area (Å²) < 4.78 is 0. The Morgan fingerprint density at radius 1 is 1.28 bits per heavy atom. The third-order valence-corrected chi connectivity index (χ3v) is 2.84. The summed E-state index contributed by atoms with van der Waals surface area (Å²) in [5.41, 5.74) is 7.36. The van der Waals surface area contributed by atoms with Gasteiger partial charge >= 0.3 is 0 Å². The molecule has 0 heterocycles. The molecule has 18 heavy (non-hydrogen) atoms. The van der Waals surface area contributed by atoms with Gasteiger partial charge < -0.3 is 10.6 Å². The smallest absolute Gasteiger partial charge is 0.228 e. The van der Waals surface area contributed by atoms with E-state index >= 15 is 0 Å². The first-order valence-electron chi connectivity index (χ1n) is 6.49. The van der Waals surface area contributed by atoms with Crippen molar-refractivity contribution in [2.24, 2.45) is 5.41 Å². The van der Waals surface area contributed by atoms with E-state index in [1.165, 1.54) is 0 Å². The molecule has 0 aliphatic rings. The number of rotatable bonds is 4. The largest absolute Gasteiger partial charge is 0.398 e. The highest BCUT2D eigenvalue weighted by atomic mass is 16.2. The molecule has 1 aromatic carbocycles. The van der Waals surface area contributed by atoms with Crippen LogP contribution in [0.1, 0.15) is 39.7 Å². The quantitative estimate of drug-likeness (QED) is 0.832. The Balaban J connectivity index is 2.88. The van der Waals surface area contributed by atoms with Crippen molar-refractivity contribution < 1.29 is 4.79 Å². The lowest BCUT2D eigenvalue weighted by Gasteiger charge is -2.29. The Morgan fingerprint density at radius 3 is 2.39 bits per heavy atom. The maximum absolute atomic E-state index is 12.4. The molecular formula is C15H24N2O. The van der Waals surface area contributed by atoms with Crippen molar-refractivity contribution in [1.82, 2.24) is 4.90 Å². The number of para-hydroxylation sites is 1. The first-order valence-corrected chi connectivity index (χ1v) is 6.49. The minimum absolute atomic E-state index is 0.174. The van der Waals surface area contributed by atoms with Gasteiger partial charge in [0.05, 0.1) is 0 Å². The first-order chi connectivity index (χ1) is 8.36. The topological polar surface area (TPSA) is 46.3 Å². The molecule has 3 nitrogen and oxygen atoms in total. The molecule has 0 atom stereocenters. The predicted octanol–water partition coefficient (Wildman–Crippen LogP) is 3.05. The Kier molecular flexibility index (Phi) is 4.76. The molecule has 2 N–H and O–H groups in total. The van der Waals surface area contributed by atoms with Crippen molar-refractivity contribution in [2.75, 3.05) is 12.3 Å². The summed E-state index contributed by atoms with van der Waals surface area (Å²) >= 11 is 0. The number of amides is 1. The molecule has 0 aliphatic carbocycles. The van der Waals surface area contributed by atoms with Crippen LogP contribution in [0.4, 0.5) is 5.69 Å². The van der Waals surface area contributed by atoms with Crippen molar-refractivity contribution in [3.63, 3.8) is 0 Å². The van der Waals surface area contributed by atoms with E-state index in [4.69, 9.17) is 5.73 Å². The number of carbonyl (C=O) groups is 1. The second-order valence-corrected chi connectivity index (χ2v) is 5.68. The van der Waals surface area contributed by atoms with E-state index in [-0.39, 0.29) is 11.3 Å². The molecule has 1 rings (SSSR count). The molecule has 100 valence electrons. The summed E-state index contributed by atoms with van der Waals surface area (Å²) in [7, 11) is 0. The Morgan fingerprint density at radius 2 is 1.89 bits per heavy atom. The van der Waals surface area contributed by atoms with Crippen LogP contribution in [0.3, 0.4) is 0 Å². The highest BCUT2D eigenvalue weighted by Gasteiger charge is 2.26. The second-order valence-electron chi connectivity index (χ2n) is 5.68. The molecule has 0 saturated carbocycles. The lowest BCUT2D eigenvalue weighted by Crippen LogP contribution is -2.39. The molecule has 0 saturated heterocycles. The Labute approximate surface area is 110 Å². The molecular weight excluding hydrogens is 224 g/mol. The fourth-order valence-electron chi connectivity index (χ4n) is 1.88. The molecule has 0 unspecified atom stereocenters. The van der Waals surface area contributed by atoms with Crippen LogP contribution in [0.2, 0.25) is 0 Å². The van der Waals surface area contributed by atoms with Crippen LogP contribution in [-0.2, 0) is 11.3 Å². The predicted molar refractivity (Wildman–Crippen MR) is 76.0 cm³/mol. The van der Waals surface area contributed by atoms with Gasteiger partial charge in [-0.15, -0.1) is 0 Å². The average Bonchev–Trinajstić information content (AvgIpc) is 2.29. The molecule has 0 bridgehead atoms. The van der Waals surface area contributed by atoms with Crippen molar-refractivity contribution in [3.05, 3.63) is 29.8 Å². The summed E-state index contributed by atoms with van der Waals surface area (Å²) in [4.78, 5) is 14.3. The van der Waals surface area contributed by atoms with Crippen molar-refractivity contribution in [1.29, 1.82) is 0 Å². The van der Waals surface area contributed by atoms with Crippen molar-refractivity contribution in [2.45, 2.75) is 40.7 Å². The zero-order valence-electron chi connectivity index (χ0n) is 11.9. The van der Waals surface area contributed by atoms with Crippen LogP contribution < -0.4 is 5.73 Å². The number of nitrogens with two attached hydrogens (primary N) is 1.